The first-order valence-corrected chi connectivity index (χ1v) is 9.68. The Kier molecular flexibility index (Phi) is 3.63. The number of fused-ring (bicyclic) bond motifs is 1. The van der Waals surface area contributed by atoms with E-state index < -0.39 is 10.0 Å². The summed E-state index contributed by atoms with van der Waals surface area (Å²) in [7, 11) is -3.47. The minimum Gasteiger partial charge on any atom is -0.264 e. The number of hydrogen-bond acceptors (Lipinski definition) is 4. The van der Waals surface area contributed by atoms with E-state index in [4.69, 9.17) is 0 Å². The van der Waals surface area contributed by atoms with Crippen LogP contribution in [0.1, 0.15) is 0 Å². The molecule has 0 aliphatic carbocycles. The summed E-state index contributed by atoms with van der Waals surface area (Å²) in [5, 5.41) is 1.78. The van der Waals surface area contributed by atoms with Crippen LogP contribution in [0.4, 0.5) is 5.69 Å². The zero-order valence-electron chi connectivity index (χ0n) is 9.74. The standard InChI is InChI=1S/C12H10BrNO2S3/c13-9-5-7-18-12(9)19(15,16)14-6-8-17-11-4-2-1-3-10(11)14/h1-5,7H,6,8H2. The normalized spacial score (nSPS) is 15.3. The van der Waals surface area contributed by atoms with Crippen LogP contribution in [0.15, 0.2) is 49.3 Å². The van der Waals surface area contributed by atoms with Gasteiger partial charge in [0, 0.05) is 21.7 Å². The molecule has 0 saturated heterocycles. The largest absolute Gasteiger partial charge is 0.275 e. The molecule has 3 rings (SSSR count). The van der Waals surface area contributed by atoms with Gasteiger partial charge in [-0.2, -0.15) is 0 Å². The van der Waals surface area contributed by atoms with Crippen molar-refractivity contribution in [3.8, 4) is 0 Å². The van der Waals surface area contributed by atoms with Crippen molar-refractivity contribution in [1.29, 1.82) is 0 Å². The lowest BCUT2D eigenvalue weighted by molar-refractivity contribution is 0.593. The summed E-state index contributed by atoms with van der Waals surface area (Å²) < 4.78 is 28.0. The Balaban J connectivity index is 2.12. The summed E-state index contributed by atoms with van der Waals surface area (Å²) in [6.45, 7) is 0.508. The molecule has 1 aliphatic rings. The van der Waals surface area contributed by atoms with E-state index in [1.807, 2.05) is 24.3 Å². The van der Waals surface area contributed by atoms with Crippen LogP contribution >= 0.6 is 39.0 Å². The Morgan fingerprint density at radius 1 is 1.21 bits per heavy atom. The van der Waals surface area contributed by atoms with E-state index in [2.05, 4.69) is 15.9 Å². The van der Waals surface area contributed by atoms with Crippen molar-refractivity contribution < 1.29 is 8.42 Å². The van der Waals surface area contributed by atoms with E-state index in [-0.39, 0.29) is 0 Å². The second-order valence-corrected chi connectivity index (χ2v) is 8.91. The molecule has 2 aromatic rings. The van der Waals surface area contributed by atoms with Crippen LogP contribution in [0.2, 0.25) is 0 Å². The lowest BCUT2D eigenvalue weighted by Gasteiger charge is -2.29. The summed E-state index contributed by atoms with van der Waals surface area (Å²) in [4.78, 5) is 1.02. The van der Waals surface area contributed by atoms with E-state index in [0.29, 0.717) is 15.2 Å². The molecule has 0 unspecified atom stereocenters. The molecule has 19 heavy (non-hydrogen) atoms. The third kappa shape index (κ3) is 2.33. The van der Waals surface area contributed by atoms with Crippen LogP contribution in [0.5, 0.6) is 0 Å². The maximum Gasteiger partial charge on any atom is 0.275 e. The third-order valence-corrected chi connectivity index (χ3v) is 8.30. The molecule has 0 saturated carbocycles. The van der Waals surface area contributed by atoms with Crippen molar-refractivity contribution in [1.82, 2.24) is 0 Å². The van der Waals surface area contributed by atoms with E-state index >= 15 is 0 Å². The average molecular weight is 376 g/mol. The molecule has 0 amide bonds. The Morgan fingerprint density at radius 2 is 2.00 bits per heavy atom. The molecule has 100 valence electrons. The average Bonchev–Trinajstić information content (AvgIpc) is 2.85. The van der Waals surface area contributed by atoms with Gasteiger partial charge in [0.05, 0.1) is 5.69 Å². The molecule has 1 aromatic carbocycles. The fraction of sp³-hybridized carbons (Fsp3) is 0.167. The van der Waals surface area contributed by atoms with E-state index in [1.54, 1.807) is 23.2 Å². The van der Waals surface area contributed by atoms with Crippen LogP contribution < -0.4 is 4.31 Å². The van der Waals surface area contributed by atoms with Gasteiger partial charge in [-0.25, -0.2) is 8.42 Å². The smallest absolute Gasteiger partial charge is 0.264 e. The van der Waals surface area contributed by atoms with Crippen molar-refractivity contribution in [3.63, 3.8) is 0 Å². The lowest BCUT2D eigenvalue weighted by atomic mass is 10.3. The minimum absolute atomic E-state index is 0.370. The number of nitrogens with zero attached hydrogens (tertiary/aromatic N) is 1. The number of thioether (sulfide) groups is 1. The van der Waals surface area contributed by atoms with Crippen LogP contribution in [-0.4, -0.2) is 20.7 Å². The number of para-hydroxylation sites is 1. The van der Waals surface area contributed by atoms with Crippen molar-refractivity contribution >= 4 is 54.7 Å². The maximum absolute atomic E-state index is 12.7. The topological polar surface area (TPSA) is 37.4 Å². The lowest BCUT2D eigenvalue weighted by Crippen LogP contribution is -2.35. The molecule has 3 nitrogen and oxygen atoms in total. The molecular formula is C12H10BrNO2S3. The van der Waals surface area contributed by atoms with Gasteiger partial charge in [0.15, 0.2) is 4.21 Å². The van der Waals surface area contributed by atoms with Crippen LogP contribution in [0.3, 0.4) is 0 Å². The predicted molar refractivity (Wildman–Crippen MR) is 83.7 cm³/mol. The molecule has 0 atom stereocenters. The zero-order valence-corrected chi connectivity index (χ0v) is 13.8. The van der Waals surface area contributed by atoms with E-state index in [1.165, 1.54) is 15.6 Å². The fourth-order valence-corrected chi connectivity index (χ4v) is 7.02. The van der Waals surface area contributed by atoms with Crippen molar-refractivity contribution in [2.24, 2.45) is 0 Å². The molecule has 0 bridgehead atoms. The number of rotatable bonds is 2. The first kappa shape index (κ1) is 13.5. The maximum atomic E-state index is 12.7. The molecule has 7 heteroatoms. The van der Waals surface area contributed by atoms with E-state index in [9.17, 15) is 8.42 Å². The molecule has 0 radical (unpaired) electrons. The fourth-order valence-electron chi connectivity index (χ4n) is 1.96. The summed E-state index contributed by atoms with van der Waals surface area (Å²) in [6, 6.07) is 9.40. The van der Waals surface area contributed by atoms with Gasteiger partial charge in [0.2, 0.25) is 0 Å². The monoisotopic (exact) mass is 375 g/mol. The van der Waals surface area contributed by atoms with Gasteiger partial charge in [0.1, 0.15) is 0 Å². The molecule has 1 aromatic heterocycles. The number of halogens is 1. The van der Waals surface area contributed by atoms with Gasteiger partial charge in [0.25, 0.3) is 10.0 Å². The predicted octanol–water partition coefficient (Wildman–Crippen LogP) is 3.81. The molecule has 2 heterocycles. The van der Waals surface area contributed by atoms with Crippen molar-refractivity contribution in [2.75, 3.05) is 16.6 Å². The van der Waals surface area contributed by atoms with Crippen LogP contribution in [0.25, 0.3) is 0 Å². The third-order valence-electron chi connectivity index (χ3n) is 2.79. The summed E-state index contributed by atoms with van der Waals surface area (Å²) >= 11 is 6.25. The Labute approximate surface area is 128 Å². The van der Waals surface area contributed by atoms with Crippen molar-refractivity contribution in [3.05, 3.63) is 40.2 Å². The SMILES string of the molecule is O=S(=O)(c1sccc1Br)N1CCSc2ccccc21. The number of thiophene rings is 1. The van der Waals surface area contributed by atoms with Gasteiger partial charge in [-0.3, -0.25) is 4.31 Å². The number of anilines is 1. The summed E-state index contributed by atoms with van der Waals surface area (Å²) in [6.07, 6.45) is 0. The molecule has 0 fully saturated rings. The first-order chi connectivity index (χ1) is 9.10. The molecular weight excluding hydrogens is 366 g/mol. The van der Waals surface area contributed by atoms with Crippen molar-refractivity contribution in [2.45, 2.75) is 9.10 Å². The van der Waals surface area contributed by atoms with Crippen LogP contribution in [-0.2, 0) is 10.0 Å². The highest BCUT2D eigenvalue weighted by molar-refractivity contribution is 9.10. The quantitative estimate of drug-likeness (QED) is 0.800. The number of sulfonamides is 1. The summed E-state index contributed by atoms with van der Waals surface area (Å²) in [5.74, 6) is 0.777. The number of hydrogen-bond donors (Lipinski definition) is 0. The molecule has 0 spiro atoms. The second-order valence-electron chi connectivity index (χ2n) is 3.95. The Morgan fingerprint density at radius 3 is 2.74 bits per heavy atom. The zero-order chi connectivity index (χ0) is 13.5. The molecule has 1 aliphatic heterocycles. The van der Waals surface area contributed by atoms with Gasteiger partial charge in [-0.15, -0.1) is 23.1 Å². The van der Waals surface area contributed by atoms with Crippen LogP contribution in [0, 0.1) is 0 Å². The highest BCUT2D eigenvalue weighted by Crippen LogP contribution is 2.39. The summed E-state index contributed by atoms with van der Waals surface area (Å²) in [5.41, 5.74) is 0.777. The van der Waals surface area contributed by atoms with Gasteiger partial charge in [-0.05, 0) is 39.5 Å². The van der Waals surface area contributed by atoms with Gasteiger partial charge in [-0.1, -0.05) is 12.1 Å². The Hall–Kier alpha value is -0.500. The minimum atomic E-state index is -3.47. The Bertz CT molecular complexity index is 711. The molecule has 0 N–H and O–H groups in total. The highest BCUT2D eigenvalue weighted by Gasteiger charge is 2.31. The number of benzene rings is 1. The van der Waals surface area contributed by atoms with Gasteiger partial charge < -0.3 is 0 Å². The highest BCUT2D eigenvalue weighted by atomic mass is 79.9. The first-order valence-electron chi connectivity index (χ1n) is 5.58. The van der Waals surface area contributed by atoms with E-state index in [0.717, 1.165) is 16.3 Å². The van der Waals surface area contributed by atoms with Gasteiger partial charge >= 0.3 is 0 Å². The second kappa shape index (κ2) is 5.12.